The Bertz CT molecular complexity index is 744. The largest absolute Gasteiger partial charge is 0.416 e. The van der Waals surface area contributed by atoms with Gasteiger partial charge in [0.05, 0.1) is 0 Å². The summed E-state index contributed by atoms with van der Waals surface area (Å²) in [5, 5.41) is 8.04. The highest BCUT2D eigenvalue weighted by molar-refractivity contribution is 5.72. The molecule has 2 heterocycles. The van der Waals surface area contributed by atoms with Crippen molar-refractivity contribution in [3.05, 3.63) is 30.5 Å². The molecular formula is C15H19N7O2. The molecule has 0 aliphatic heterocycles. The summed E-state index contributed by atoms with van der Waals surface area (Å²) in [7, 11) is 0. The molecule has 1 amide bonds. The third kappa shape index (κ3) is 4.15. The predicted octanol–water partition coefficient (Wildman–Crippen LogP) is 2.90. The maximum Gasteiger partial charge on any atom is 0.416 e. The molecule has 2 aromatic heterocycles. The van der Waals surface area contributed by atoms with Gasteiger partial charge in [-0.3, -0.25) is 0 Å². The number of nitrogens with two attached hydrogens (primary N) is 2. The molecular weight excluding hydrogens is 310 g/mol. The van der Waals surface area contributed by atoms with Gasteiger partial charge in [0.1, 0.15) is 17.2 Å². The zero-order chi connectivity index (χ0) is 17.5. The van der Waals surface area contributed by atoms with Gasteiger partial charge < -0.3 is 21.1 Å². The topological polar surface area (TPSA) is 132 Å². The number of aromatic nitrogens is 2. The summed E-state index contributed by atoms with van der Waals surface area (Å²) >= 11 is 0. The second kappa shape index (κ2) is 7.86. The maximum absolute atomic E-state index is 12.0. The number of nitrogen functional groups attached to an aromatic ring is 2. The predicted molar refractivity (Wildman–Crippen MR) is 90.4 cm³/mol. The van der Waals surface area contributed by atoms with Gasteiger partial charge in [0.2, 0.25) is 0 Å². The molecule has 0 radical (unpaired) electrons. The monoisotopic (exact) mass is 329 g/mol. The second-order valence-electron chi connectivity index (χ2n) is 4.71. The lowest BCUT2D eigenvalue weighted by Gasteiger charge is -2.17. The zero-order valence-corrected chi connectivity index (χ0v) is 13.5. The minimum Gasteiger partial charge on any atom is -0.389 e. The summed E-state index contributed by atoms with van der Waals surface area (Å²) in [5.41, 5.74) is 11.9. The van der Waals surface area contributed by atoms with Gasteiger partial charge in [0, 0.05) is 19.3 Å². The van der Waals surface area contributed by atoms with E-state index in [0.717, 1.165) is 0 Å². The van der Waals surface area contributed by atoms with Crippen LogP contribution in [-0.4, -0.2) is 34.1 Å². The Kier molecular flexibility index (Phi) is 5.61. The fourth-order valence-electron chi connectivity index (χ4n) is 1.84. The molecule has 0 bridgehead atoms. The van der Waals surface area contributed by atoms with Gasteiger partial charge in [-0.2, -0.15) is 0 Å². The minimum absolute atomic E-state index is 0.0696. The van der Waals surface area contributed by atoms with Crippen molar-refractivity contribution in [3.8, 4) is 5.88 Å². The number of rotatable bonds is 5. The number of nitrogens with zero attached hydrogens (tertiary/aromatic N) is 5. The van der Waals surface area contributed by atoms with Crippen molar-refractivity contribution in [3.63, 3.8) is 0 Å². The van der Waals surface area contributed by atoms with Gasteiger partial charge >= 0.3 is 6.09 Å². The number of hydrogen-bond donors (Lipinski definition) is 2. The molecule has 126 valence electrons. The number of anilines is 2. The van der Waals surface area contributed by atoms with Crippen LogP contribution in [0.1, 0.15) is 13.8 Å². The van der Waals surface area contributed by atoms with E-state index in [0.29, 0.717) is 30.3 Å². The third-order valence-corrected chi connectivity index (χ3v) is 3.15. The number of ether oxygens (including phenoxy) is 1. The first-order chi connectivity index (χ1) is 11.5. The van der Waals surface area contributed by atoms with Gasteiger partial charge in [-0.25, -0.2) is 14.8 Å². The fraction of sp³-hybridized carbons (Fsp3) is 0.267. The normalized spacial score (nSPS) is 10.8. The molecule has 2 rings (SSSR count). The lowest BCUT2D eigenvalue weighted by molar-refractivity contribution is 0.155. The van der Waals surface area contributed by atoms with E-state index >= 15 is 0 Å². The summed E-state index contributed by atoms with van der Waals surface area (Å²) in [6.07, 6.45) is 1.01. The molecule has 0 saturated heterocycles. The lowest BCUT2D eigenvalue weighted by atomic mass is 10.4. The first kappa shape index (κ1) is 17.1. The molecule has 0 unspecified atom stereocenters. The molecule has 9 heteroatoms. The maximum atomic E-state index is 12.0. The summed E-state index contributed by atoms with van der Waals surface area (Å²) in [6, 6.07) is 6.45. The molecule has 0 aromatic carbocycles. The SMILES string of the molecule is CCN(CC)C(=O)Oc1ncccc1/N=N/c1ccc(N)nc1N. The van der Waals surface area contributed by atoms with Crippen LogP contribution in [-0.2, 0) is 0 Å². The summed E-state index contributed by atoms with van der Waals surface area (Å²) in [4.78, 5) is 21.5. The van der Waals surface area contributed by atoms with Crippen LogP contribution in [0.15, 0.2) is 40.7 Å². The quantitative estimate of drug-likeness (QED) is 0.810. The van der Waals surface area contributed by atoms with Crippen molar-refractivity contribution in [2.75, 3.05) is 24.6 Å². The van der Waals surface area contributed by atoms with Crippen LogP contribution in [0.5, 0.6) is 5.88 Å². The van der Waals surface area contributed by atoms with Crippen molar-refractivity contribution in [2.24, 2.45) is 10.2 Å². The van der Waals surface area contributed by atoms with Crippen molar-refractivity contribution in [1.82, 2.24) is 14.9 Å². The van der Waals surface area contributed by atoms with Crippen molar-refractivity contribution < 1.29 is 9.53 Å². The Morgan fingerprint density at radius 2 is 1.88 bits per heavy atom. The molecule has 0 aliphatic carbocycles. The Hall–Kier alpha value is -3.23. The van der Waals surface area contributed by atoms with E-state index in [4.69, 9.17) is 16.2 Å². The van der Waals surface area contributed by atoms with E-state index in [2.05, 4.69) is 20.2 Å². The molecule has 0 spiro atoms. The lowest BCUT2D eigenvalue weighted by Crippen LogP contribution is -2.33. The van der Waals surface area contributed by atoms with E-state index < -0.39 is 6.09 Å². The Morgan fingerprint density at radius 3 is 2.54 bits per heavy atom. The van der Waals surface area contributed by atoms with Crippen LogP contribution in [0.25, 0.3) is 0 Å². The van der Waals surface area contributed by atoms with E-state index in [1.54, 1.807) is 24.3 Å². The molecule has 0 fully saturated rings. The van der Waals surface area contributed by atoms with Crippen LogP contribution >= 0.6 is 0 Å². The van der Waals surface area contributed by atoms with Crippen LogP contribution in [0, 0.1) is 0 Å². The van der Waals surface area contributed by atoms with Gasteiger partial charge in [-0.15, -0.1) is 10.2 Å². The third-order valence-electron chi connectivity index (χ3n) is 3.15. The van der Waals surface area contributed by atoms with Crippen molar-refractivity contribution in [1.29, 1.82) is 0 Å². The highest BCUT2D eigenvalue weighted by atomic mass is 16.6. The Labute approximate surface area is 139 Å². The molecule has 24 heavy (non-hydrogen) atoms. The first-order valence-electron chi connectivity index (χ1n) is 7.40. The molecule has 2 aromatic rings. The average molecular weight is 329 g/mol. The van der Waals surface area contributed by atoms with Crippen LogP contribution < -0.4 is 16.2 Å². The number of carbonyl (C=O) groups excluding carboxylic acids is 1. The molecule has 9 nitrogen and oxygen atoms in total. The number of hydrogen-bond acceptors (Lipinski definition) is 8. The second-order valence-corrected chi connectivity index (χ2v) is 4.71. The highest BCUT2D eigenvalue weighted by Gasteiger charge is 2.15. The standard InChI is InChI=1S/C15H19N7O2/c1-3-22(4-2)15(23)24-14-11(6-5-9-18-14)21-20-10-7-8-12(16)19-13(10)17/h5-9H,3-4H2,1-2H3,(H4,16,17,19)/b21-20+. The molecule has 0 saturated carbocycles. The van der Waals surface area contributed by atoms with E-state index in [1.165, 1.54) is 11.1 Å². The van der Waals surface area contributed by atoms with E-state index in [9.17, 15) is 4.79 Å². The van der Waals surface area contributed by atoms with Crippen LogP contribution in [0.2, 0.25) is 0 Å². The number of azo groups is 1. The first-order valence-corrected chi connectivity index (χ1v) is 7.40. The van der Waals surface area contributed by atoms with Crippen molar-refractivity contribution >= 4 is 29.1 Å². The van der Waals surface area contributed by atoms with Crippen molar-refractivity contribution in [2.45, 2.75) is 13.8 Å². The van der Waals surface area contributed by atoms with E-state index in [-0.39, 0.29) is 11.7 Å². The molecule has 0 atom stereocenters. The van der Waals surface area contributed by atoms with Crippen LogP contribution in [0.4, 0.5) is 27.8 Å². The summed E-state index contributed by atoms with van der Waals surface area (Å²) in [6.45, 7) is 4.79. The number of pyridine rings is 2. The van der Waals surface area contributed by atoms with Gasteiger partial charge in [-0.1, -0.05) is 0 Å². The minimum atomic E-state index is -0.496. The fourth-order valence-corrected chi connectivity index (χ4v) is 1.84. The average Bonchev–Trinajstić information content (AvgIpc) is 2.56. The Morgan fingerprint density at radius 1 is 1.17 bits per heavy atom. The van der Waals surface area contributed by atoms with Crippen LogP contribution in [0.3, 0.4) is 0 Å². The Balaban J connectivity index is 2.22. The summed E-state index contributed by atoms with van der Waals surface area (Å²) < 4.78 is 5.28. The number of carbonyl (C=O) groups is 1. The zero-order valence-electron chi connectivity index (χ0n) is 13.5. The van der Waals surface area contributed by atoms with Gasteiger partial charge in [0.25, 0.3) is 5.88 Å². The van der Waals surface area contributed by atoms with Gasteiger partial charge in [-0.05, 0) is 38.1 Å². The van der Waals surface area contributed by atoms with Gasteiger partial charge in [0.15, 0.2) is 5.82 Å². The molecule has 4 N–H and O–H groups in total. The molecule has 0 aliphatic rings. The smallest absolute Gasteiger partial charge is 0.389 e. The number of amides is 1. The van der Waals surface area contributed by atoms with E-state index in [1.807, 2.05) is 13.8 Å². The summed E-state index contributed by atoms with van der Waals surface area (Å²) in [5.74, 6) is 0.520. The highest BCUT2D eigenvalue weighted by Crippen LogP contribution is 2.28.